The maximum Gasteiger partial charge on any atom is 0.191 e. The SMILES string of the molecule is CN=C(NCC(C)c1ccc(F)c(F)c1)NC1CCN(CCCOC)CC1.I. The molecule has 0 bridgehead atoms. The molecule has 0 aliphatic carbocycles. The number of halogens is 3. The monoisotopic (exact) mass is 510 g/mol. The Morgan fingerprint density at radius 3 is 2.61 bits per heavy atom. The topological polar surface area (TPSA) is 48.9 Å². The Bertz CT molecular complexity index is 610. The van der Waals surface area contributed by atoms with Crippen LogP contribution in [-0.4, -0.2) is 63.8 Å². The summed E-state index contributed by atoms with van der Waals surface area (Å²) in [6.45, 7) is 6.61. The predicted molar refractivity (Wildman–Crippen MR) is 121 cm³/mol. The van der Waals surface area contributed by atoms with Crippen molar-refractivity contribution in [2.45, 2.75) is 38.1 Å². The van der Waals surface area contributed by atoms with Crippen molar-refractivity contribution in [1.82, 2.24) is 15.5 Å². The van der Waals surface area contributed by atoms with Crippen LogP contribution in [0.4, 0.5) is 8.78 Å². The average molecular weight is 510 g/mol. The van der Waals surface area contributed by atoms with E-state index in [-0.39, 0.29) is 29.9 Å². The van der Waals surface area contributed by atoms with E-state index < -0.39 is 11.6 Å². The van der Waals surface area contributed by atoms with E-state index in [1.54, 1.807) is 20.2 Å². The molecule has 160 valence electrons. The third-order valence-electron chi connectivity index (χ3n) is 5.06. The molecular formula is C20H33F2IN4O. The number of ether oxygens (including phenoxy) is 1. The third kappa shape index (κ3) is 8.16. The number of hydrogen-bond donors (Lipinski definition) is 2. The minimum absolute atomic E-state index is 0. The fraction of sp³-hybridized carbons (Fsp3) is 0.650. The minimum Gasteiger partial charge on any atom is -0.385 e. The highest BCUT2D eigenvalue weighted by Gasteiger charge is 2.20. The molecule has 1 atom stereocenters. The van der Waals surface area contributed by atoms with Gasteiger partial charge in [0.25, 0.3) is 0 Å². The molecule has 5 nitrogen and oxygen atoms in total. The van der Waals surface area contributed by atoms with Crippen LogP contribution in [0.1, 0.15) is 37.7 Å². The molecular weight excluding hydrogens is 477 g/mol. The molecule has 1 fully saturated rings. The lowest BCUT2D eigenvalue weighted by molar-refractivity contribution is 0.155. The van der Waals surface area contributed by atoms with Gasteiger partial charge in [-0.1, -0.05) is 13.0 Å². The Kier molecular flexibility index (Phi) is 11.9. The van der Waals surface area contributed by atoms with Crippen molar-refractivity contribution >= 4 is 29.9 Å². The Labute approximate surface area is 184 Å². The Morgan fingerprint density at radius 1 is 1.29 bits per heavy atom. The third-order valence-corrected chi connectivity index (χ3v) is 5.06. The largest absolute Gasteiger partial charge is 0.385 e. The summed E-state index contributed by atoms with van der Waals surface area (Å²) in [5, 5.41) is 6.77. The highest BCUT2D eigenvalue weighted by molar-refractivity contribution is 14.0. The van der Waals surface area contributed by atoms with Gasteiger partial charge in [0.15, 0.2) is 17.6 Å². The number of piperidine rings is 1. The molecule has 1 aromatic carbocycles. The van der Waals surface area contributed by atoms with E-state index in [4.69, 9.17) is 4.74 Å². The number of aliphatic imine (C=N–C) groups is 1. The van der Waals surface area contributed by atoms with Crippen LogP contribution >= 0.6 is 24.0 Å². The standard InChI is InChI=1S/C20H32F2N4O.HI/c1-15(16-5-6-18(21)19(22)13-16)14-24-20(23-2)25-17-7-10-26(11-8-17)9-4-12-27-3;/h5-6,13,15,17H,4,7-12,14H2,1-3H3,(H2,23,24,25);1H. The lowest BCUT2D eigenvalue weighted by Crippen LogP contribution is -2.49. The van der Waals surface area contributed by atoms with Crippen LogP contribution in [0.15, 0.2) is 23.2 Å². The molecule has 1 aliphatic rings. The van der Waals surface area contributed by atoms with Gasteiger partial charge in [-0.05, 0) is 42.9 Å². The molecule has 1 saturated heterocycles. The van der Waals surface area contributed by atoms with Crippen LogP contribution < -0.4 is 10.6 Å². The zero-order valence-corrected chi connectivity index (χ0v) is 19.3. The maximum atomic E-state index is 13.4. The summed E-state index contributed by atoms with van der Waals surface area (Å²) >= 11 is 0. The fourth-order valence-electron chi connectivity index (χ4n) is 3.31. The molecule has 0 amide bonds. The van der Waals surface area contributed by atoms with Crippen molar-refractivity contribution in [3.8, 4) is 0 Å². The average Bonchev–Trinajstić information content (AvgIpc) is 2.68. The molecule has 0 aromatic heterocycles. The molecule has 1 heterocycles. The molecule has 2 N–H and O–H groups in total. The Hall–Kier alpha value is -1.00. The van der Waals surface area contributed by atoms with Crippen molar-refractivity contribution in [1.29, 1.82) is 0 Å². The van der Waals surface area contributed by atoms with Gasteiger partial charge in [-0.2, -0.15) is 0 Å². The number of hydrogen-bond acceptors (Lipinski definition) is 3. The molecule has 2 rings (SSSR count). The van der Waals surface area contributed by atoms with Gasteiger partial charge in [-0.3, -0.25) is 4.99 Å². The first kappa shape index (κ1) is 25.0. The molecule has 0 spiro atoms. The van der Waals surface area contributed by atoms with Crippen LogP contribution in [0.5, 0.6) is 0 Å². The number of nitrogens with one attached hydrogen (secondary N) is 2. The molecule has 0 saturated carbocycles. The number of nitrogens with zero attached hydrogens (tertiary/aromatic N) is 2. The van der Waals surface area contributed by atoms with Crippen molar-refractivity contribution in [2.75, 3.05) is 46.9 Å². The van der Waals surface area contributed by atoms with Crippen LogP contribution in [0.3, 0.4) is 0 Å². The van der Waals surface area contributed by atoms with Gasteiger partial charge in [-0.25, -0.2) is 8.78 Å². The van der Waals surface area contributed by atoms with E-state index in [2.05, 4.69) is 20.5 Å². The van der Waals surface area contributed by atoms with E-state index in [0.29, 0.717) is 12.6 Å². The van der Waals surface area contributed by atoms with E-state index in [1.807, 2.05) is 6.92 Å². The zero-order chi connectivity index (χ0) is 19.6. The molecule has 0 radical (unpaired) electrons. The first-order valence-corrected chi connectivity index (χ1v) is 9.67. The van der Waals surface area contributed by atoms with Gasteiger partial charge >= 0.3 is 0 Å². The number of guanidine groups is 1. The van der Waals surface area contributed by atoms with Gasteiger partial charge in [0, 0.05) is 53.0 Å². The second-order valence-corrected chi connectivity index (χ2v) is 7.13. The van der Waals surface area contributed by atoms with Gasteiger partial charge < -0.3 is 20.3 Å². The molecule has 8 heteroatoms. The normalized spacial score (nSPS) is 17.1. The van der Waals surface area contributed by atoms with Gasteiger partial charge in [0.05, 0.1) is 0 Å². The predicted octanol–water partition coefficient (Wildman–Crippen LogP) is 3.35. The molecule has 1 aromatic rings. The zero-order valence-electron chi connectivity index (χ0n) is 17.0. The first-order valence-electron chi connectivity index (χ1n) is 9.67. The van der Waals surface area contributed by atoms with Crippen molar-refractivity contribution < 1.29 is 13.5 Å². The van der Waals surface area contributed by atoms with Crippen molar-refractivity contribution in [3.05, 3.63) is 35.4 Å². The highest BCUT2D eigenvalue weighted by Crippen LogP contribution is 2.17. The molecule has 1 unspecified atom stereocenters. The van der Waals surface area contributed by atoms with E-state index in [9.17, 15) is 8.78 Å². The van der Waals surface area contributed by atoms with E-state index >= 15 is 0 Å². The number of likely N-dealkylation sites (tertiary alicyclic amines) is 1. The number of rotatable bonds is 8. The number of benzene rings is 1. The summed E-state index contributed by atoms with van der Waals surface area (Å²) in [5.41, 5.74) is 0.765. The first-order chi connectivity index (χ1) is 13.0. The van der Waals surface area contributed by atoms with E-state index in [1.165, 1.54) is 12.1 Å². The lowest BCUT2D eigenvalue weighted by atomic mass is 10.0. The second-order valence-electron chi connectivity index (χ2n) is 7.13. The Balaban J connectivity index is 0.00000392. The minimum atomic E-state index is -0.815. The number of methoxy groups -OCH3 is 1. The summed E-state index contributed by atoms with van der Waals surface area (Å²) in [4.78, 5) is 6.76. The van der Waals surface area contributed by atoms with Crippen molar-refractivity contribution in [3.63, 3.8) is 0 Å². The summed E-state index contributed by atoms with van der Waals surface area (Å²) in [6, 6.07) is 4.46. The highest BCUT2D eigenvalue weighted by atomic mass is 127. The maximum absolute atomic E-state index is 13.4. The van der Waals surface area contributed by atoms with Crippen LogP contribution in [0.25, 0.3) is 0 Å². The van der Waals surface area contributed by atoms with Crippen molar-refractivity contribution in [2.24, 2.45) is 4.99 Å². The summed E-state index contributed by atoms with van der Waals surface area (Å²) in [6.07, 6.45) is 3.22. The van der Waals surface area contributed by atoms with Crippen LogP contribution in [-0.2, 0) is 4.74 Å². The smallest absolute Gasteiger partial charge is 0.191 e. The summed E-state index contributed by atoms with van der Waals surface area (Å²) < 4.78 is 31.6. The fourth-order valence-corrected chi connectivity index (χ4v) is 3.31. The Morgan fingerprint density at radius 2 is 2.00 bits per heavy atom. The molecule has 1 aliphatic heterocycles. The summed E-state index contributed by atoms with van der Waals surface area (Å²) in [7, 11) is 3.49. The van der Waals surface area contributed by atoms with Gasteiger partial charge in [-0.15, -0.1) is 24.0 Å². The second kappa shape index (κ2) is 13.3. The van der Waals surface area contributed by atoms with Crippen LogP contribution in [0.2, 0.25) is 0 Å². The van der Waals surface area contributed by atoms with Gasteiger partial charge in [0.1, 0.15) is 0 Å². The van der Waals surface area contributed by atoms with Crippen LogP contribution in [0, 0.1) is 11.6 Å². The summed E-state index contributed by atoms with van der Waals surface area (Å²) in [5.74, 6) is -0.826. The van der Waals surface area contributed by atoms with E-state index in [0.717, 1.165) is 57.0 Å². The quantitative estimate of drug-likeness (QED) is 0.244. The lowest BCUT2D eigenvalue weighted by Gasteiger charge is -2.33. The molecule has 28 heavy (non-hydrogen) atoms. The van der Waals surface area contributed by atoms with Gasteiger partial charge in [0.2, 0.25) is 0 Å².